The van der Waals surface area contributed by atoms with Gasteiger partial charge in [-0.25, -0.2) is 4.98 Å². The molecule has 1 heterocycles. The van der Waals surface area contributed by atoms with Gasteiger partial charge in [0.05, 0.1) is 7.11 Å². The highest BCUT2D eigenvalue weighted by molar-refractivity contribution is 7.71. The number of methoxy groups -OCH3 is 1. The summed E-state index contributed by atoms with van der Waals surface area (Å²) >= 11 is 5.00. The summed E-state index contributed by atoms with van der Waals surface area (Å²) in [5, 5.41) is 0. The Morgan fingerprint density at radius 3 is 2.35 bits per heavy atom. The molecule has 0 spiro atoms. The smallest absolute Gasteiger partial charge is 0.297 e. The molecule has 1 N–H and O–H groups in total. The molecule has 5 heteroatoms. The second kappa shape index (κ2) is 4.63. The van der Waals surface area contributed by atoms with Crippen LogP contribution in [0.5, 0.6) is 6.01 Å². The summed E-state index contributed by atoms with van der Waals surface area (Å²) < 4.78 is 5.32. The number of aromatic amines is 1. The van der Waals surface area contributed by atoms with E-state index in [1.807, 2.05) is 26.0 Å². The van der Waals surface area contributed by atoms with E-state index < -0.39 is 0 Å². The summed E-state index contributed by atoms with van der Waals surface area (Å²) in [5.41, 5.74) is 3.34. The normalized spacial score (nSPS) is 10.3. The van der Waals surface area contributed by atoms with E-state index in [-0.39, 0.29) is 4.77 Å². The fourth-order valence-electron chi connectivity index (χ4n) is 1.71. The van der Waals surface area contributed by atoms with Crippen molar-refractivity contribution < 1.29 is 4.74 Å². The summed E-state index contributed by atoms with van der Waals surface area (Å²) in [6.45, 7) is 4.09. The topological polar surface area (TPSA) is 50.8 Å². The Labute approximate surface area is 105 Å². The van der Waals surface area contributed by atoms with Gasteiger partial charge in [0.15, 0.2) is 0 Å². The molecule has 0 atom stereocenters. The van der Waals surface area contributed by atoms with E-state index >= 15 is 0 Å². The minimum Gasteiger partial charge on any atom is -0.468 e. The van der Waals surface area contributed by atoms with E-state index in [0.29, 0.717) is 11.8 Å². The zero-order valence-corrected chi connectivity index (χ0v) is 10.8. The number of H-pyrrole nitrogens is 1. The van der Waals surface area contributed by atoms with Gasteiger partial charge in [0.1, 0.15) is 5.82 Å². The van der Waals surface area contributed by atoms with Gasteiger partial charge in [0.25, 0.3) is 6.01 Å². The molecule has 1 aromatic carbocycles. The summed E-state index contributed by atoms with van der Waals surface area (Å²) in [5.74, 6) is 0.675. The predicted octanol–water partition coefficient (Wildman–Crippen LogP) is 2.83. The Hall–Kier alpha value is -1.75. The van der Waals surface area contributed by atoms with Crippen LogP contribution in [0.1, 0.15) is 11.1 Å². The van der Waals surface area contributed by atoms with Gasteiger partial charge >= 0.3 is 0 Å². The van der Waals surface area contributed by atoms with Crippen molar-refractivity contribution >= 4 is 12.2 Å². The van der Waals surface area contributed by atoms with E-state index in [2.05, 4.69) is 21.0 Å². The maximum atomic E-state index is 5.04. The molecular weight excluding hydrogens is 234 g/mol. The molecule has 0 fully saturated rings. The highest BCUT2D eigenvalue weighted by Crippen LogP contribution is 2.19. The van der Waals surface area contributed by atoms with Crippen LogP contribution in [0.2, 0.25) is 0 Å². The van der Waals surface area contributed by atoms with Crippen molar-refractivity contribution in [3.8, 4) is 17.4 Å². The minimum absolute atomic E-state index is 0.273. The van der Waals surface area contributed by atoms with Gasteiger partial charge in [0, 0.05) is 5.56 Å². The van der Waals surface area contributed by atoms with Crippen LogP contribution in [-0.2, 0) is 0 Å². The molecule has 0 aliphatic carbocycles. The molecule has 0 radical (unpaired) electrons. The Bertz CT molecular complexity index is 587. The number of rotatable bonds is 2. The lowest BCUT2D eigenvalue weighted by molar-refractivity contribution is 0.378. The number of hydrogen-bond donors (Lipinski definition) is 1. The third-order valence-corrected chi connectivity index (χ3v) is 2.50. The Morgan fingerprint density at radius 2 is 1.76 bits per heavy atom. The molecule has 2 rings (SSSR count). The van der Waals surface area contributed by atoms with Crippen molar-refractivity contribution in [2.75, 3.05) is 7.11 Å². The zero-order valence-electron chi connectivity index (χ0n) is 9.94. The van der Waals surface area contributed by atoms with Crippen molar-refractivity contribution in [3.63, 3.8) is 0 Å². The molecule has 0 saturated heterocycles. The van der Waals surface area contributed by atoms with Crippen molar-refractivity contribution in [1.82, 2.24) is 15.0 Å². The molecule has 0 aliphatic rings. The lowest BCUT2D eigenvalue weighted by atomic mass is 10.1. The van der Waals surface area contributed by atoms with E-state index in [0.717, 1.165) is 5.56 Å². The van der Waals surface area contributed by atoms with Gasteiger partial charge in [-0.3, -0.25) is 4.98 Å². The van der Waals surface area contributed by atoms with Gasteiger partial charge in [0.2, 0.25) is 4.77 Å². The van der Waals surface area contributed by atoms with Crippen LogP contribution >= 0.6 is 12.2 Å². The average Bonchev–Trinajstić information content (AvgIpc) is 2.26. The first-order valence-corrected chi connectivity index (χ1v) is 5.60. The highest BCUT2D eigenvalue weighted by atomic mass is 32.1. The maximum Gasteiger partial charge on any atom is 0.297 e. The van der Waals surface area contributed by atoms with Gasteiger partial charge in [-0.15, -0.1) is 0 Å². The van der Waals surface area contributed by atoms with E-state index in [9.17, 15) is 0 Å². The van der Waals surface area contributed by atoms with Crippen LogP contribution in [0.15, 0.2) is 18.2 Å². The molecule has 4 nitrogen and oxygen atoms in total. The van der Waals surface area contributed by atoms with Crippen LogP contribution in [-0.4, -0.2) is 22.1 Å². The Balaban J connectivity index is 2.59. The number of nitrogens with zero attached hydrogens (tertiary/aromatic N) is 2. The second-order valence-corrected chi connectivity index (χ2v) is 4.23. The number of aromatic nitrogens is 3. The van der Waals surface area contributed by atoms with Crippen molar-refractivity contribution in [2.45, 2.75) is 13.8 Å². The van der Waals surface area contributed by atoms with Gasteiger partial charge in [-0.05, 0) is 38.2 Å². The summed E-state index contributed by atoms with van der Waals surface area (Å²) in [6.07, 6.45) is 0. The van der Waals surface area contributed by atoms with Crippen LogP contribution in [0.25, 0.3) is 11.4 Å². The SMILES string of the molecule is COc1nc(=S)nc(-c2cc(C)cc(C)c2)[nH]1. The van der Waals surface area contributed by atoms with Crippen molar-refractivity contribution in [1.29, 1.82) is 0 Å². The Morgan fingerprint density at radius 1 is 1.12 bits per heavy atom. The molecule has 88 valence electrons. The fourth-order valence-corrected chi connectivity index (χ4v) is 1.88. The van der Waals surface area contributed by atoms with Crippen LogP contribution in [0, 0.1) is 18.6 Å². The maximum absolute atomic E-state index is 5.04. The third kappa shape index (κ3) is 2.68. The molecule has 0 bridgehead atoms. The van der Waals surface area contributed by atoms with E-state index in [1.54, 1.807) is 7.11 Å². The molecule has 2 aromatic rings. The first kappa shape index (κ1) is 11.7. The van der Waals surface area contributed by atoms with Gasteiger partial charge in [-0.1, -0.05) is 17.2 Å². The Kier molecular flexibility index (Phi) is 3.19. The summed E-state index contributed by atoms with van der Waals surface area (Å²) in [6, 6.07) is 6.57. The lowest BCUT2D eigenvalue weighted by Gasteiger charge is -2.06. The largest absolute Gasteiger partial charge is 0.468 e. The molecule has 17 heavy (non-hydrogen) atoms. The molecule has 0 saturated carbocycles. The molecule has 1 aromatic heterocycles. The number of benzene rings is 1. The van der Waals surface area contributed by atoms with Crippen LogP contribution in [0.4, 0.5) is 0 Å². The summed E-state index contributed by atoms with van der Waals surface area (Å²) in [4.78, 5) is 11.1. The van der Waals surface area contributed by atoms with Crippen molar-refractivity contribution in [2.24, 2.45) is 0 Å². The lowest BCUT2D eigenvalue weighted by Crippen LogP contribution is -1.98. The number of hydrogen-bond acceptors (Lipinski definition) is 4. The monoisotopic (exact) mass is 247 g/mol. The van der Waals surface area contributed by atoms with E-state index in [1.165, 1.54) is 11.1 Å². The zero-order chi connectivity index (χ0) is 12.4. The number of aryl methyl sites for hydroxylation is 2. The molecule has 0 aliphatic heterocycles. The molecule has 0 amide bonds. The summed E-state index contributed by atoms with van der Waals surface area (Å²) in [7, 11) is 1.54. The van der Waals surface area contributed by atoms with Crippen molar-refractivity contribution in [3.05, 3.63) is 34.1 Å². The third-order valence-electron chi connectivity index (χ3n) is 2.32. The standard InChI is InChI=1S/C12H13N3OS/c1-7-4-8(2)6-9(5-7)10-13-11(16-3)15-12(17)14-10/h4-6H,1-3H3,(H,13,14,15,17). The number of ether oxygens (including phenoxy) is 1. The minimum atomic E-state index is 0.273. The average molecular weight is 247 g/mol. The fraction of sp³-hybridized carbons (Fsp3) is 0.250. The molecule has 0 unspecified atom stereocenters. The second-order valence-electron chi connectivity index (χ2n) is 3.87. The predicted molar refractivity (Wildman–Crippen MR) is 68.7 cm³/mol. The molecular formula is C12H13N3OS. The highest BCUT2D eigenvalue weighted by Gasteiger charge is 2.04. The first-order chi connectivity index (χ1) is 8.08. The van der Waals surface area contributed by atoms with Gasteiger partial charge in [-0.2, -0.15) is 4.98 Å². The van der Waals surface area contributed by atoms with E-state index in [4.69, 9.17) is 17.0 Å². The van der Waals surface area contributed by atoms with Crippen LogP contribution < -0.4 is 4.74 Å². The number of nitrogens with one attached hydrogen (secondary N) is 1. The van der Waals surface area contributed by atoms with Gasteiger partial charge < -0.3 is 4.74 Å². The quantitative estimate of drug-likeness (QED) is 0.829. The first-order valence-electron chi connectivity index (χ1n) is 5.19. The van der Waals surface area contributed by atoms with Crippen LogP contribution in [0.3, 0.4) is 0 Å².